The molecular formula is C25H42O3. The molecule has 28 heavy (non-hydrogen) atoms. The smallest absolute Gasteiger partial charge is 0.313 e. The molecule has 0 radical (unpaired) electrons. The van der Waals surface area contributed by atoms with Crippen molar-refractivity contribution in [1.82, 2.24) is 0 Å². The second-order valence-corrected chi connectivity index (χ2v) is 11.1. The summed E-state index contributed by atoms with van der Waals surface area (Å²) in [6.07, 6.45) is 4.89. The third-order valence-electron chi connectivity index (χ3n) is 5.79. The first-order chi connectivity index (χ1) is 12.6. The van der Waals surface area contributed by atoms with Crippen LogP contribution in [-0.4, -0.2) is 16.2 Å². The maximum atomic E-state index is 12.3. The quantitative estimate of drug-likeness (QED) is 0.473. The van der Waals surface area contributed by atoms with Crippen molar-refractivity contribution in [1.29, 1.82) is 0 Å². The van der Waals surface area contributed by atoms with Crippen LogP contribution >= 0.6 is 0 Å². The number of hydrogen-bond donors (Lipinski definition) is 2. The highest BCUT2D eigenvalue weighted by Crippen LogP contribution is 2.43. The second-order valence-electron chi connectivity index (χ2n) is 11.1. The Hall–Kier alpha value is -1.51. The normalized spacial score (nSPS) is 14.9. The van der Waals surface area contributed by atoms with E-state index in [0.717, 1.165) is 36.0 Å². The van der Waals surface area contributed by atoms with Crippen LogP contribution < -0.4 is 0 Å². The van der Waals surface area contributed by atoms with Gasteiger partial charge in [-0.05, 0) is 46.8 Å². The SMILES string of the molecule is CC(C)CCCCCC(C)(C(=O)O)c1cc(C(C)(C)C)c(O)c(C(C)(C)C)c1. The zero-order chi connectivity index (χ0) is 21.9. The lowest BCUT2D eigenvalue weighted by Gasteiger charge is -2.32. The lowest BCUT2D eigenvalue weighted by Crippen LogP contribution is -2.33. The summed E-state index contributed by atoms with van der Waals surface area (Å²) in [5, 5.41) is 21.1. The molecule has 0 bridgehead atoms. The Morgan fingerprint density at radius 3 is 1.71 bits per heavy atom. The average molecular weight is 391 g/mol. The zero-order valence-corrected chi connectivity index (χ0v) is 19.6. The Labute approximate surface area is 172 Å². The van der Waals surface area contributed by atoms with Gasteiger partial charge in [0.1, 0.15) is 5.75 Å². The summed E-state index contributed by atoms with van der Waals surface area (Å²) in [7, 11) is 0. The molecule has 0 aromatic heterocycles. The Balaban J connectivity index is 3.36. The van der Waals surface area contributed by atoms with Crippen LogP contribution in [0.25, 0.3) is 0 Å². The third-order valence-corrected chi connectivity index (χ3v) is 5.79. The van der Waals surface area contributed by atoms with Crippen LogP contribution in [0.1, 0.15) is 111 Å². The topological polar surface area (TPSA) is 57.5 Å². The summed E-state index contributed by atoms with van der Waals surface area (Å²) in [5.41, 5.74) is 0.958. The number of carbonyl (C=O) groups is 1. The summed E-state index contributed by atoms with van der Waals surface area (Å²) < 4.78 is 0. The second kappa shape index (κ2) is 8.88. The summed E-state index contributed by atoms with van der Waals surface area (Å²) in [6, 6.07) is 3.85. The first-order valence-electron chi connectivity index (χ1n) is 10.7. The van der Waals surface area contributed by atoms with Crippen molar-refractivity contribution in [2.24, 2.45) is 5.92 Å². The van der Waals surface area contributed by atoms with Crippen LogP contribution in [0.5, 0.6) is 5.75 Å². The van der Waals surface area contributed by atoms with Gasteiger partial charge in [-0.1, -0.05) is 93.2 Å². The van der Waals surface area contributed by atoms with Gasteiger partial charge in [0.2, 0.25) is 0 Å². The molecule has 0 heterocycles. The molecule has 0 aliphatic carbocycles. The van der Waals surface area contributed by atoms with E-state index in [-0.39, 0.29) is 10.8 Å². The van der Waals surface area contributed by atoms with E-state index < -0.39 is 11.4 Å². The molecule has 0 spiro atoms. The molecule has 3 heteroatoms. The van der Waals surface area contributed by atoms with Crippen molar-refractivity contribution in [3.05, 3.63) is 28.8 Å². The van der Waals surface area contributed by atoms with E-state index in [1.165, 1.54) is 6.42 Å². The minimum absolute atomic E-state index is 0.267. The van der Waals surface area contributed by atoms with Crippen molar-refractivity contribution >= 4 is 5.97 Å². The molecule has 0 aliphatic heterocycles. The monoisotopic (exact) mass is 390 g/mol. The number of phenolic OH excluding ortho intramolecular Hbond substituents is 1. The third kappa shape index (κ3) is 5.99. The number of unbranched alkanes of at least 4 members (excludes halogenated alkanes) is 2. The molecule has 160 valence electrons. The molecule has 0 saturated carbocycles. The van der Waals surface area contributed by atoms with Gasteiger partial charge in [0.15, 0.2) is 0 Å². The van der Waals surface area contributed by atoms with Crippen molar-refractivity contribution < 1.29 is 15.0 Å². The van der Waals surface area contributed by atoms with E-state index in [1.807, 2.05) is 19.1 Å². The maximum Gasteiger partial charge on any atom is 0.313 e. The molecule has 1 atom stereocenters. The van der Waals surface area contributed by atoms with E-state index >= 15 is 0 Å². The fourth-order valence-corrected chi connectivity index (χ4v) is 3.68. The van der Waals surface area contributed by atoms with Crippen molar-refractivity contribution in [2.75, 3.05) is 0 Å². The summed E-state index contributed by atoms with van der Waals surface area (Å²) >= 11 is 0. The lowest BCUT2D eigenvalue weighted by atomic mass is 9.72. The van der Waals surface area contributed by atoms with Crippen LogP contribution in [0.2, 0.25) is 0 Å². The number of carboxylic acids is 1. The van der Waals surface area contributed by atoms with Crippen LogP contribution in [0.4, 0.5) is 0 Å². The molecule has 0 aliphatic rings. The Kier molecular flexibility index (Phi) is 7.78. The molecule has 3 nitrogen and oxygen atoms in total. The van der Waals surface area contributed by atoms with Gasteiger partial charge in [-0.3, -0.25) is 4.79 Å². The number of aliphatic carboxylic acids is 1. The van der Waals surface area contributed by atoms with Crippen molar-refractivity contribution in [3.63, 3.8) is 0 Å². The van der Waals surface area contributed by atoms with Gasteiger partial charge in [0, 0.05) is 0 Å². The molecule has 1 rings (SSSR count). The highest BCUT2D eigenvalue weighted by molar-refractivity contribution is 5.81. The molecular weight excluding hydrogens is 348 g/mol. The van der Waals surface area contributed by atoms with Crippen molar-refractivity contribution in [3.8, 4) is 5.75 Å². The van der Waals surface area contributed by atoms with Gasteiger partial charge in [0.25, 0.3) is 0 Å². The van der Waals surface area contributed by atoms with Crippen LogP contribution in [0.3, 0.4) is 0 Å². The van der Waals surface area contributed by atoms with Crippen LogP contribution in [0, 0.1) is 5.92 Å². The zero-order valence-electron chi connectivity index (χ0n) is 19.6. The Morgan fingerprint density at radius 2 is 1.36 bits per heavy atom. The fourth-order valence-electron chi connectivity index (χ4n) is 3.68. The number of phenols is 1. The fraction of sp³-hybridized carbons (Fsp3) is 0.720. The predicted molar refractivity (Wildman–Crippen MR) is 118 cm³/mol. The summed E-state index contributed by atoms with van der Waals surface area (Å²) in [6.45, 7) is 18.6. The summed E-state index contributed by atoms with van der Waals surface area (Å²) in [4.78, 5) is 12.3. The molecule has 0 amide bonds. The van der Waals surface area contributed by atoms with Gasteiger partial charge in [-0.2, -0.15) is 0 Å². The highest BCUT2D eigenvalue weighted by Gasteiger charge is 2.37. The van der Waals surface area contributed by atoms with E-state index in [9.17, 15) is 15.0 Å². The first kappa shape index (κ1) is 24.5. The number of aromatic hydroxyl groups is 1. The molecule has 0 saturated heterocycles. The average Bonchev–Trinajstić information content (AvgIpc) is 2.51. The van der Waals surface area contributed by atoms with Gasteiger partial charge in [0.05, 0.1) is 5.41 Å². The van der Waals surface area contributed by atoms with E-state index in [4.69, 9.17) is 0 Å². The van der Waals surface area contributed by atoms with Crippen LogP contribution in [0.15, 0.2) is 12.1 Å². The van der Waals surface area contributed by atoms with Gasteiger partial charge in [-0.25, -0.2) is 0 Å². The molecule has 1 aromatic carbocycles. The summed E-state index contributed by atoms with van der Waals surface area (Å²) in [5.74, 6) is 0.196. The van der Waals surface area contributed by atoms with Gasteiger partial charge < -0.3 is 10.2 Å². The molecule has 2 N–H and O–H groups in total. The van der Waals surface area contributed by atoms with Gasteiger partial charge >= 0.3 is 5.97 Å². The number of benzene rings is 1. The minimum atomic E-state index is -0.953. The number of rotatable bonds is 8. The standard InChI is InChI=1S/C25H42O3/c1-17(2)13-11-10-12-14-25(9,22(27)28)18-15-19(23(3,4)5)21(26)20(16-18)24(6,7)8/h15-17,26H,10-14H2,1-9H3,(H,27,28). The Morgan fingerprint density at radius 1 is 0.893 bits per heavy atom. The van der Waals surface area contributed by atoms with E-state index in [1.54, 1.807) is 0 Å². The molecule has 1 aromatic rings. The minimum Gasteiger partial charge on any atom is -0.507 e. The number of hydrogen-bond acceptors (Lipinski definition) is 2. The molecule has 1 unspecified atom stereocenters. The lowest BCUT2D eigenvalue weighted by molar-refractivity contribution is -0.143. The predicted octanol–water partition coefficient (Wildman–Crippen LogP) is 6.94. The maximum absolute atomic E-state index is 12.3. The largest absolute Gasteiger partial charge is 0.507 e. The van der Waals surface area contributed by atoms with Gasteiger partial charge in [-0.15, -0.1) is 0 Å². The highest BCUT2D eigenvalue weighted by atomic mass is 16.4. The first-order valence-corrected chi connectivity index (χ1v) is 10.7. The van der Waals surface area contributed by atoms with E-state index in [0.29, 0.717) is 18.1 Å². The number of carboxylic acid groups (broad SMARTS) is 1. The van der Waals surface area contributed by atoms with E-state index in [2.05, 4.69) is 55.4 Å². The van der Waals surface area contributed by atoms with Crippen molar-refractivity contribution in [2.45, 2.75) is 111 Å². The Bertz CT molecular complexity index is 639. The molecule has 0 fully saturated rings. The van der Waals surface area contributed by atoms with Crippen LogP contribution in [-0.2, 0) is 21.0 Å².